The fraction of sp³-hybridized carbons (Fsp3) is 0.440. The molecule has 3 aromatic rings. The van der Waals surface area contributed by atoms with Crippen molar-refractivity contribution in [1.82, 2.24) is 14.5 Å². The first-order chi connectivity index (χ1) is 15.3. The lowest BCUT2D eigenvalue weighted by Gasteiger charge is -2.36. The molecule has 7 heteroatoms. The molecular formula is C25H31FN4O2. The molecule has 1 aliphatic rings. The molecule has 2 aromatic carbocycles. The second-order valence-electron chi connectivity index (χ2n) is 9.31. The largest absolute Gasteiger partial charge is 0.444 e. The number of nitrogens with one attached hydrogen (secondary N) is 1. The van der Waals surface area contributed by atoms with Crippen molar-refractivity contribution in [1.29, 1.82) is 0 Å². The number of amides is 1. The van der Waals surface area contributed by atoms with E-state index >= 15 is 0 Å². The van der Waals surface area contributed by atoms with Crippen molar-refractivity contribution >= 4 is 23.1 Å². The van der Waals surface area contributed by atoms with Crippen LogP contribution in [0.25, 0.3) is 11.0 Å². The lowest BCUT2D eigenvalue weighted by Crippen LogP contribution is -2.49. The van der Waals surface area contributed by atoms with Gasteiger partial charge in [-0.05, 0) is 58.2 Å². The van der Waals surface area contributed by atoms with Gasteiger partial charge in [-0.3, -0.25) is 0 Å². The maximum absolute atomic E-state index is 14.4. The van der Waals surface area contributed by atoms with Gasteiger partial charge in [0.2, 0.25) is 5.95 Å². The number of fused-ring (bicyclic) bond motifs is 1. The summed E-state index contributed by atoms with van der Waals surface area (Å²) in [4.78, 5) is 19.3. The number of para-hydroxylation sites is 2. The highest BCUT2D eigenvalue weighted by atomic mass is 19.1. The maximum Gasteiger partial charge on any atom is 0.410 e. The molecule has 1 fully saturated rings. The average Bonchev–Trinajstić information content (AvgIpc) is 3.10. The van der Waals surface area contributed by atoms with Gasteiger partial charge in [-0.2, -0.15) is 0 Å². The van der Waals surface area contributed by atoms with Gasteiger partial charge in [-0.15, -0.1) is 0 Å². The fourth-order valence-electron chi connectivity index (χ4n) is 4.15. The first-order valence-electron chi connectivity index (χ1n) is 11.2. The Morgan fingerprint density at radius 3 is 2.69 bits per heavy atom. The monoisotopic (exact) mass is 438 g/mol. The molecule has 1 N–H and O–H groups in total. The van der Waals surface area contributed by atoms with Gasteiger partial charge in [0.05, 0.1) is 23.6 Å². The Labute approximate surface area is 188 Å². The number of anilines is 1. The number of aromatic nitrogens is 2. The van der Waals surface area contributed by atoms with Crippen molar-refractivity contribution in [2.75, 3.05) is 18.4 Å². The number of rotatable bonds is 5. The third-order valence-electron chi connectivity index (χ3n) is 5.69. The van der Waals surface area contributed by atoms with Crippen LogP contribution in [0.5, 0.6) is 0 Å². The number of hydrogen-bond acceptors (Lipinski definition) is 4. The van der Waals surface area contributed by atoms with E-state index in [1.54, 1.807) is 12.1 Å². The lowest BCUT2D eigenvalue weighted by molar-refractivity contribution is 0.0114. The summed E-state index contributed by atoms with van der Waals surface area (Å²) in [6, 6.07) is 14.6. The third-order valence-corrected chi connectivity index (χ3v) is 5.69. The molecule has 6 nitrogen and oxygen atoms in total. The van der Waals surface area contributed by atoms with Gasteiger partial charge >= 0.3 is 6.09 Å². The van der Waals surface area contributed by atoms with Crippen LogP contribution in [-0.4, -0.2) is 45.3 Å². The van der Waals surface area contributed by atoms with Crippen LogP contribution in [0.3, 0.4) is 0 Å². The Morgan fingerprint density at radius 1 is 1.16 bits per heavy atom. The predicted octanol–water partition coefficient (Wildman–Crippen LogP) is 5.43. The summed E-state index contributed by atoms with van der Waals surface area (Å²) in [5.41, 5.74) is 1.86. The Kier molecular flexibility index (Phi) is 6.35. The second-order valence-corrected chi connectivity index (χ2v) is 9.31. The zero-order chi connectivity index (χ0) is 22.7. The van der Waals surface area contributed by atoms with E-state index in [1.165, 1.54) is 6.07 Å². The van der Waals surface area contributed by atoms with E-state index in [0.29, 0.717) is 31.1 Å². The van der Waals surface area contributed by atoms with Gasteiger partial charge < -0.3 is 19.5 Å². The fourth-order valence-corrected chi connectivity index (χ4v) is 4.15. The molecule has 1 aliphatic heterocycles. The van der Waals surface area contributed by atoms with Crippen molar-refractivity contribution in [2.45, 2.75) is 58.2 Å². The molecule has 4 rings (SSSR count). The molecule has 0 radical (unpaired) electrons. The van der Waals surface area contributed by atoms with E-state index in [4.69, 9.17) is 9.72 Å². The van der Waals surface area contributed by atoms with Gasteiger partial charge in [0.1, 0.15) is 11.4 Å². The van der Waals surface area contributed by atoms with Crippen LogP contribution in [0, 0.1) is 5.82 Å². The molecular weight excluding hydrogens is 407 g/mol. The number of benzene rings is 2. The highest BCUT2D eigenvalue weighted by Crippen LogP contribution is 2.24. The Hall–Kier alpha value is -3.09. The van der Waals surface area contributed by atoms with Gasteiger partial charge in [-0.25, -0.2) is 14.2 Å². The first kappa shape index (κ1) is 22.1. The number of piperidine rings is 1. The standard InChI is InChI=1S/C25H31FN4O2/c1-25(2,3)32-24(31)29-15-9-8-11-19(29)16-27-23-28-21-13-6-7-14-22(21)30(23)17-18-10-4-5-12-20(18)26/h4-7,10,12-14,19H,8-9,11,15-17H2,1-3H3,(H,27,28). The number of hydrogen-bond donors (Lipinski definition) is 1. The zero-order valence-corrected chi connectivity index (χ0v) is 19.0. The molecule has 1 unspecified atom stereocenters. The molecule has 0 spiro atoms. The molecule has 2 heterocycles. The molecule has 1 amide bonds. The minimum absolute atomic E-state index is 0.0142. The highest BCUT2D eigenvalue weighted by Gasteiger charge is 2.30. The Morgan fingerprint density at radius 2 is 1.91 bits per heavy atom. The van der Waals surface area contributed by atoms with Crippen molar-refractivity contribution < 1.29 is 13.9 Å². The van der Waals surface area contributed by atoms with Crippen LogP contribution >= 0.6 is 0 Å². The van der Waals surface area contributed by atoms with Crippen LogP contribution in [0.4, 0.5) is 15.1 Å². The van der Waals surface area contributed by atoms with Crippen molar-refractivity contribution in [2.24, 2.45) is 0 Å². The summed E-state index contributed by atoms with van der Waals surface area (Å²) in [6.45, 7) is 7.26. The molecule has 1 saturated heterocycles. The van der Waals surface area contributed by atoms with E-state index < -0.39 is 5.60 Å². The molecule has 170 valence electrons. The van der Waals surface area contributed by atoms with Crippen LogP contribution < -0.4 is 5.32 Å². The van der Waals surface area contributed by atoms with Crippen molar-refractivity contribution in [3.63, 3.8) is 0 Å². The van der Waals surface area contributed by atoms with Crippen molar-refractivity contribution in [3.05, 3.63) is 59.9 Å². The van der Waals surface area contributed by atoms with E-state index in [0.717, 1.165) is 30.3 Å². The molecule has 0 saturated carbocycles. The number of halogens is 1. The van der Waals surface area contributed by atoms with Gasteiger partial charge in [0.15, 0.2) is 0 Å². The molecule has 1 atom stereocenters. The first-order valence-corrected chi connectivity index (χ1v) is 11.2. The summed E-state index contributed by atoms with van der Waals surface area (Å²) in [5, 5.41) is 3.44. The molecule has 1 aromatic heterocycles. The van der Waals surface area contributed by atoms with Crippen molar-refractivity contribution in [3.8, 4) is 0 Å². The highest BCUT2D eigenvalue weighted by molar-refractivity contribution is 5.78. The number of ether oxygens (including phenoxy) is 1. The van der Waals surface area contributed by atoms with E-state index in [-0.39, 0.29) is 18.0 Å². The number of nitrogens with zero attached hydrogens (tertiary/aromatic N) is 3. The van der Waals surface area contributed by atoms with Gasteiger partial charge in [-0.1, -0.05) is 30.3 Å². The van der Waals surface area contributed by atoms with E-state index in [2.05, 4.69) is 5.32 Å². The van der Waals surface area contributed by atoms with E-state index in [1.807, 2.05) is 60.6 Å². The minimum atomic E-state index is -0.528. The number of carbonyl (C=O) groups excluding carboxylic acids is 1. The summed E-state index contributed by atoms with van der Waals surface area (Å²) >= 11 is 0. The molecule has 0 aliphatic carbocycles. The molecule has 0 bridgehead atoms. The summed E-state index contributed by atoms with van der Waals surface area (Å²) < 4.78 is 22.0. The van der Waals surface area contributed by atoms with Gasteiger partial charge in [0.25, 0.3) is 0 Å². The number of carbonyl (C=O) groups is 1. The van der Waals surface area contributed by atoms with Crippen LogP contribution in [0.1, 0.15) is 45.6 Å². The Bertz CT molecular complexity index is 1090. The predicted molar refractivity (Wildman–Crippen MR) is 124 cm³/mol. The second kappa shape index (κ2) is 9.18. The zero-order valence-electron chi connectivity index (χ0n) is 19.0. The third kappa shape index (κ3) is 5.03. The van der Waals surface area contributed by atoms with E-state index in [9.17, 15) is 9.18 Å². The minimum Gasteiger partial charge on any atom is -0.444 e. The summed E-state index contributed by atoms with van der Waals surface area (Å²) in [7, 11) is 0. The van der Waals surface area contributed by atoms with Crippen LogP contribution in [0.15, 0.2) is 48.5 Å². The summed E-state index contributed by atoms with van der Waals surface area (Å²) in [5.74, 6) is 0.434. The number of likely N-dealkylation sites (tertiary alicyclic amines) is 1. The maximum atomic E-state index is 14.4. The quantitative estimate of drug-likeness (QED) is 0.577. The normalized spacial score (nSPS) is 16.9. The number of imidazole rings is 1. The summed E-state index contributed by atoms with van der Waals surface area (Å²) in [6.07, 6.45) is 2.67. The average molecular weight is 439 g/mol. The lowest BCUT2D eigenvalue weighted by atomic mass is 10.0. The Balaban J connectivity index is 1.56. The van der Waals surface area contributed by atoms with Crippen LogP contribution in [-0.2, 0) is 11.3 Å². The smallest absolute Gasteiger partial charge is 0.410 e. The van der Waals surface area contributed by atoms with Gasteiger partial charge in [0, 0.05) is 18.7 Å². The SMILES string of the molecule is CC(C)(C)OC(=O)N1CCCCC1CNc1nc2ccccc2n1Cc1ccccc1F. The molecule has 32 heavy (non-hydrogen) atoms. The van der Waals surface area contributed by atoms with Crippen LogP contribution in [0.2, 0.25) is 0 Å². The topological polar surface area (TPSA) is 59.4 Å².